The topological polar surface area (TPSA) is 84.5 Å². The zero-order valence-corrected chi connectivity index (χ0v) is 15.1. The van der Waals surface area contributed by atoms with Crippen LogP contribution in [-0.4, -0.2) is 30.9 Å². The van der Waals surface area contributed by atoms with Crippen molar-refractivity contribution in [3.05, 3.63) is 64.1 Å². The van der Waals surface area contributed by atoms with Crippen molar-refractivity contribution >= 4 is 39.4 Å². The third-order valence-electron chi connectivity index (χ3n) is 3.28. The van der Waals surface area contributed by atoms with E-state index in [1.165, 1.54) is 0 Å². The van der Waals surface area contributed by atoms with Gasteiger partial charge in [0.05, 0.1) is 0 Å². The first-order valence-corrected chi connectivity index (χ1v) is 8.30. The number of ether oxygens (including phenoxy) is 1. The molecule has 0 radical (unpaired) electrons. The molecule has 6 nitrogen and oxygen atoms in total. The average Bonchev–Trinajstić information content (AvgIpc) is 2.60. The molecule has 0 saturated carbocycles. The Morgan fingerprint density at radius 2 is 1.72 bits per heavy atom. The van der Waals surface area contributed by atoms with Crippen LogP contribution in [0, 0.1) is 6.92 Å². The predicted octanol–water partition coefficient (Wildman–Crippen LogP) is 2.67. The Kier molecular flexibility index (Phi) is 6.71. The zero-order chi connectivity index (χ0) is 18.2. The largest absolute Gasteiger partial charge is 0.454 e. The number of aryl methyl sites for hydroxylation is 1. The minimum absolute atomic E-state index is 0.313. The molecule has 0 spiro atoms. The van der Waals surface area contributed by atoms with Gasteiger partial charge in [0.2, 0.25) is 0 Å². The number of hydrogen-bond acceptors (Lipinski definition) is 4. The lowest BCUT2D eigenvalue weighted by molar-refractivity contribution is -0.146. The molecule has 130 valence electrons. The molecule has 25 heavy (non-hydrogen) atoms. The number of carbonyl (C=O) groups is 3. The van der Waals surface area contributed by atoms with E-state index in [9.17, 15) is 14.4 Å². The fraction of sp³-hybridized carbons (Fsp3) is 0.167. The van der Waals surface area contributed by atoms with Gasteiger partial charge in [0, 0.05) is 15.7 Å². The number of benzene rings is 2. The van der Waals surface area contributed by atoms with Gasteiger partial charge in [0.25, 0.3) is 11.8 Å². The van der Waals surface area contributed by atoms with Crippen molar-refractivity contribution in [2.24, 2.45) is 0 Å². The second-order valence-electron chi connectivity index (χ2n) is 5.21. The maximum absolute atomic E-state index is 11.9. The molecular formula is C18H17BrN2O4. The minimum atomic E-state index is -0.689. The first kappa shape index (κ1) is 18.7. The van der Waals surface area contributed by atoms with Crippen molar-refractivity contribution in [1.82, 2.24) is 5.32 Å². The van der Waals surface area contributed by atoms with Gasteiger partial charge in [-0.2, -0.15) is 0 Å². The van der Waals surface area contributed by atoms with Crippen LogP contribution in [0.15, 0.2) is 53.0 Å². The summed E-state index contributed by atoms with van der Waals surface area (Å²) in [5.74, 6) is -1.53. The van der Waals surface area contributed by atoms with Crippen molar-refractivity contribution < 1.29 is 19.1 Å². The van der Waals surface area contributed by atoms with E-state index in [-0.39, 0.29) is 6.54 Å². The molecular weight excluding hydrogens is 388 g/mol. The number of anilines is 1. The molecule has 0 fully saturated rings. The van der Waals surface area contributed by atoms with E-state index in [1.54, 1.807) is 36.4 Å². The van der Waals surface area contributed by atoms with Crippen molar-refractivity contribution in [1.29, 1.82) is 0 Å². The predicted molar refractivity (Wildman–Crippen MR) is 97.2 cm³/mol. The fourth-order valence-corrected chi connectivity index (χ4v) is 2.22. The normalized spacial score (nSPS) is 10.0. The summed E-state index contributed by atoms with van der Waals surface area (Å²) in [6, 6.07) is 14.0. The van der Waals surface area contributed by atoms with E-state index < -0.39 is 24.4 Å². The molecule has 2 amide bonds. The molecule has 0 aromatic heterocycles. The molecule has 0 aliphatic rings. The van der Waals surface area contributed by atoms with E-state index in [0.29, 0.717) is 11.3 Å². The molecule has 2 aromatic rings. The Bertz CT molecular complexity index is 775. The number of para-hydroxylation sites is 1. The van der Waals surface area contributed by atoms with Gasteiger partial charge in [-0.05, 0) is 42.8 Å². The Morgan fingerprint density at radius 1 is 1.04 bits per heavy atom. The van der Waals surface area contributed by atoms with Gasteiger partial charge in [-0.1, -0.05) is 34.1 Å². The molecule has 0 aliphatic carbocycles. The van der Waals surface area contributed by atoms with E-state index in [0.717, 1.165) is 10.0 Å². The van der Waals surface area contributed by atoms with Crippen LogP contribution in [0.1, 0.15) is 15.9 Å². The summed E-state index contributed by atoms with van der Waals surface area (Å²) < 4.78 is 5.70. The van der Waals surface area contributed by atoms with Gasteiger partial charge in [0.1, 0.15) is 6.54 Å². The van der Waals surface area contributed by atoms with Gasteiger partial charge >= 0.3 is 5.97 Å². The van der Waals surface area contributed by atoms with E-state index in [1.807, 2.05) is 19.1 Å². The summed E-state index contributed by atoms with van der Waals surface area (Å²) in [6.07, 6.45) is 0. The van der Waals surface area contributed by atoms with Crippen molar-refractivity contribution in [3.63, 3.8) is 0 Å². The van der Waals surface area contributed by atoms with Crippen molar-refractivity contribution in [2.45, 2.75) is 6.92 Å². The molecule has 2 aromatic carbocycles. The summed E-state index contributed by atoms with van der Waals surface area (Å²) in [6.45, 7) is 1.13. The van der Waals surface area contributed by atoms with Crippen LogP contribution in [0.2, 0.25) is 0 Å². The van der Waals surface area contributed by atoms with Crippen LogP contribution in [0.4, 0.5) is 5.69 Å². The number of rotatable bonds is 6. The molecule has 2 N–H and O–H groups in total. The Labute approximate surface area is 153 Å². The van der Waals surface area contributed by atoms with Crippen LogP contribution in [-0.2, 0) is 14.3 Å². The highest BCUT2D eigenvalue weighted by Crippen LogP contribution is 2.12. The maximum atomic E-state index is 11.9. The number of esters is 1. The van der Waals surface area contributed by atoms with E-state index >= 15 is 0 Å². The lowest BCUT2D eigenvalue weighted by atomic mass is 10.2. The Balaban J connectivity index is 1.73. The van der Waals surface area contributed by atoms with E-state index in [4.69, 9.17) is 4.74 Å². The Morgan fingerprint density at radius 3 is 2.40 bits per heavy atom. The monoisotopic (exact) mass is 404 g/mol. The van der Waals surface area contributed by atoms with Crippen LogP contribution in [0.3, 0.4) is 0 Å². The average molecular weight is 405 g/mol. The van der Waals surface area contributed by atoms with Gasteiger partial charge in [-0.3, -0.25) is 14.4 Å². The maximum Gasteiger partial charge on any atom is 0.325 e. The third kappa shape index (κ3) is 6.04. The lowest BCUT2D eigenvalue weighted by Crippen LogP contribution is -2.32. The summed E-state index contributed by atoms with van der Waals surface area (Å²) in [5.41, 5.74) is 1.99. The van der Waals surface area contributed by atoms with Gasteiger partial charge < -0.3 is 15.4 Å². The van der Waals surface area contributed by atoms with Gasteiger partial charge in [-0.25, -0.2) is 0 Å². The lowest BCUT2D eigenvalue weighted by Gasteiger charge is -2.09. The summed E-state index contributed by atoms with van der Waals surface area (Å²) in [4.78, 5) is 35.3. The van der Waals surface area contributed by atoms with Crippen LogP contribution >= 0.6 is 15.9 Å². The molecule has 2 rings (SSSR count). The SMILES string of the molecule is Cc1ccccc1NC(=O)COC(=O)CNC(=O)c1ccc(Br)cc1. The first-order valence-electron chi connectivity index (χ1n) is 7.50. The number of nitrogens with one attached hydrogen (secondary N) is 2. The van der Waals surface area contributed by atoms with Gasteiger partial charge in [-0.15, -0.1) is 0 Å². The fourth-order valence-electron chi connectivity index (χ4n) is 1.95. The molecule has 0 aliphatic heterocycles. The highest BCUT2D eigenvalue weighted by molar-refractivity contribution is 9.10. The van der Waals surface area contributed by atoms with Crippen LogP contribution in [0.5, 0.6) is 0 Å². The first-order chi connectivity index (χ1) is 12.0. The zero-order valence-electron chi connectivity index (χ0n) is 13.5. The van der Waals surface area contributed by atoms with E-state index in [2.05, 4.69) is 26.6 Å². The highest BCUT2D eigenvalue weighted by Gasteiger charge is 2.11. The number of carbonyl (C=O) groups excluding carboxylic acids is 3. The molecule has 0 heterocycles. The summed E-state index contributed by atoms with van der Waals surface area (Å²) in [5, 5.41) is 5.09. The quantitative estimate of drug-likeness (QED) is 0.724. The second-order valence-corrected chi connectivity index (χ2v) is 6.13. The molecule has 0 saturated heterocycles. The number of hydrogen-bond donors (Lipinski definition) is 2. The summed E-state index contributed by atoms with van der Waals surface area (Å²) in [7, 11) is 0. The van der Waals surface area contributed by atoms with Crippen LogP contribution < -0.4 is 10.6 Å². The van der Waals surface area contributed by atoms with Crippen molar-refractivity contribution in [3.8, 4) is 0 Å². The number of halogens is 1. The summed E-state index contributed by atoms with van der Waals surface area (Å²) >= 11 is 3.28. The highest BCUT2D eigenvalue weighted by atomic mass is 79.9. The van der Waals surface area contributed by atoms with Crippen molar-refractivity contribution in [2.75, 3.05) is 18.5 Å². The Hall–Kier alpha value is -2.67. The van der Waals surface area contributed by atoms with Gasteiger partial charge in [0.15, 0.2) is 6.61 Å². The third-order valence-corrected chi connectivity index (χ3v) is 3.81. The molecule has 7 heteroatoms. The van der Waals surface area contributed by atoms with Crippen LogP contribution in [0.25, 0.3) is 0 Å². The molecule has 0 atom stereocenters. The number of amides is 2. The minimum Gasteiger partial charge on any atom is -0.454 e. The molecule has 0 bridgehead atoms. The smallest absolute Gasteiger partial charge is 0.325 e. The molecule has 0 unspecified atom stereocenters. The second kappa shape index (κ2) is 8.98. The standard InChI is InChI=1S/C18H17BrN2O4/c1-12-4-2-3-5-15(12)21-16(22)11-25-17(23)10-20-18(24)13-6-8-14(19)9-7-13/h2-9H,10-11H2,1H3,(H,20,24)(H,21,22).